The van der Waals surface area contributed by atoms with Crippen LogP contribution in [0.2, 0.25) is 0 Å². The second-order valence-electron chi connectivity index (χ2n) is 7.77. The zero-order valence-corrected chi connectivity index (χ0v) is 20.3. The van der Waals surface area contributed by atoms with Gasteiger partial charge in [-0.2, -0.15) is 4.31 Å². The van der Waals surface area contributed by atoms with Gasteiger partial charge in [0, 0.05) is 38.1 Å². The molecule has 31 heavy (non-hydrogen) atoms. The van der Waals surface area contributed by atoms with E-state index in [0.717, 1.165) is 18.9 Å². The Morgan fingerprint density at radius 1 is 1.16 bits per heavy atom. The maximum Gasteiger partial charge on any atom is 0.245 e. The molecule has 2 atom stereocenters. The molecule has 1 aliphatic heterocycles. The predicted octanol–water partition coefficient (Wildman–Crippen LogP) is 1.96. The molecule has 0 saturated carbocycles. The molecule has 0 unspecified atom stereocenters. The highest BCUT2D eigenvalue weighted by Gasteiger charge is 2.40. The summed E-state index contributed by atoms with van der Waals surface area (Å²) in [6.45, 7) is 9.00. The molecule has 1 aromatic carbocycles. The van der Waals surface area contributed by atoms with Crippen LogP contribution in [0.4, 0.5) is 5.69 Å². The number of nitrogens with one attached hydrogen (secondary N) is 1. The van der Waals surface area contributed by atoms with E-state index >= 15 is 0 Å². The Labute approximate surface area is 186 Å². The third-order valence-corrected chi connectivity index (χ3v) is 8.81. The van der Waals surface area contributed by atoms with Crippen LogP contribution >= 0.6 is 0 Å². The second kappa shape index (κ2) is 10.3. The van der Waals surface area contributed by atoms with Gasteiger partial charge in [-0.1, -0.05) is 6.92 Å². The third-order valence-electron chi connectivity index (χ3n) is 5.79. The molecular weight excluding hydrogens is 440 g/mol. The average Bonchev–Trinajstić information content (AvgIpc) is 3.09. The van der Waals surface area contributed by atoms with Gasteiger partial charge in [-0.15, -0.1) is 0 Å². The molecule has 0 aliphatic carbocycles. The summed E-state index contributed by atoms with van der Waals surface area (Å²) in [5, 5.41) is 8.26. The van der Waals surface area contributed by atoms with Crippen LogP contribution in [0.3, 0.4) is 0 Å². The summed E-state index contributed by atoms with van der Waals surface area (Å²) < 4.78 is 52.4. The highest BCUT2D eigenvalue weighted by atomic mass is 32.2. The minimum Gasteiger partial charge on any atom is -0.383 e. The summed E-state index contributed by atoms with van der Waals surface area (Å²) in [5.41, 5.74) is 0.258. The summed E-state index contributed by atoms with van der Waals surface area (Å²) in [7, 11) is -8.07. The van der Waals surface area contributed by atoms with Gasteiger partial charge in [0.1, 0.15) is 4.90 Å². The van der Waals surface area contributed by atoms with Gasteiger partial charge < -0.3 is 10.2 Å². The SMILES string of the molecule is CC[C@@H]1CC[C@H](C)N1S(=O)(=O)c1cc(S(N)(=O)=O)ccc1NCCC(=O)N(CC)CC. The fourth-order valence-corrected chi connectivity index (χ4v) is 6.82. The third kappa shape index (κ3) is 5.76. The maximum atomic E-state index is 13.6. The number of sulfonamides is 2. The van der Waals surface area contributed by atoms with Crippen LogP contribution in [-0.2, 0) is 24.8 Å². The molecule has 9 nitrogen and oxygen atoms in total. The minimum atomic E-state index is -4.08. The molecule has 1 heterocycles. The van der Waals surface area contributed by atoms with Crippen LogP contribution in [0.1, 0.15) is 53.4 Å². The van der Waals surface area contributed by atoms with Crippen LogP contribution in [-0.4, -0.2) is 63.7 Å². The maximum absolute atomic E-state index is 13.6. The van der Waals surface area contributed by atoms with E-state index in [1.54, 1.807) is 4.90 Å². The van der Waals surface area contributed by atoms with Crippen molar-refractivity contribution in [2.24, 2.45) is 5.14 Å². The van der Waals surface area contributed by atoms with Crippen molar-refractivity contribution in [1.29, 1.82) is 0 Å². The Balaban J connectivity index is 2.40. The molecule has 1 amide bonds. The molecule has 0 aromatic heterocycles. The monoisotopic (exact) mass is 474 g/mol. The molecule has 1 aromatic rings. The first-order chi connectivity index (χ1) is 14.5. The van der Waals surface area contributed by atoms with Crippen molar-refractivity contribution in [3.63, 3.8) is 0 Å². The number of benzene rings is 1. The molecule has 1 aliphatic rings. The summed E-state index contributed by atoms with van der Waals surface area (Å²) in [5.74, 6) is -0.0396. The van der Waals surface area contributed by atoms with Crippen LogP contribution < -0.4 is 10.5 Å². The van der Waals surface area contributed by atoms with E-state index in [2.05, 4.69) is 5.32 Å². The first-order valence-corrected chi connectivity index (χ1v) is 13.7. The molecule has 0 radical (unpaired) electrons. The van der Waals surface area contributed by atoms with E-state index in [1.807, 2.05) is 27.7 Å². The quantitative estimate of drug-likeness (QED) is 0.533. The molecule has 1 fully saturated rings. The summed E-state index contributed by atoms with van der Waals surface area (Å²) in [6, 6.07) is 3.45. The summed E-state index contributed by atoms with van der Waals surface area (Å²) in [4.78, 5) is 13.6. The fourth-order valence-electron chi connectivity index (χ4n) is 4.06. The summed E-state index contributed by atoms with van der Waals surface area (Å²) in [6.07, 6.45) is 2.36. The lowest BCUT2D eigenvalue weighted by Gasteiger charge is -2.28. The van der Waals surface area contributed by atoms with Gasteiger partial charge in [-0.3, -0.25) is 4.79 Å². The number of nitrogens with two attached hydrogens (primary N) is 1. The van der Waals surface area contributed by atoms with Gasteiger partial charge in [0.05, 0.1) is 10.6 Å². The van der Waals surface area contributed by atoms with E-state index in [0.29, 0.717) is 19.5 Å². The van der Waals surface area contributed by atoms with Crippen molar-refractivity contribution in [3.8, 4) is 0 Å². The topological polar surface area (TPSA) is 130 Å². The summed E-state index contributed by atoms with van der Waals surface area (Å²) >= 11 is 0. The van der Waals surface area contributed by atoms with E-state index in [9.17, 15) is 21.6 Å². The molecule has 1 saturated heterocycles. The van der Waals surface area contributed by atoms with Gasteiger partial charge in [0.25, 0.3) is 0 Å². The Morgan fingerprint density at radius 3 is 2.35 bits per heavy atom. The number of hydrogen-bond acceptors (Lipinski definition) is 6. The smallest absolute Gasteiger partial charge is 0.245 e. The molecule has 2 rings (SSSR count). The van der Waals surface area contributed by atoms with Crippen molar-refractivity contribution >= 4 is 31.6 Å². The molecule has 176 valence electrons. The van der Waals surface area contributed by atoms with E-state index < -0.39 is 20.0 Å². The largest absolute Gasteiger partial charge is 0.383 e. The van der Waals surface area contributed by atoms with Crippen molar-refractivity contribution in [2.75, 3.05) is 25.0 Å². The number of hydrogen-bond donors (Lipinski definition) is 2. The first kappa shape index (κ1) is 25.6. The number of nitrogens with zero attached hydrogens (tertiary/aromatic N) is 2. The molecule has 11 heteroatoms. The van der Waals surface area contributed by atoms with Crippen LogP contribution in [0.5, 0.6) is 0 Å². The number of anilines is 1. The van der Waals surface area contributed by atoms with Gasteiger partial charge >= 0.3 is 0 Å². The first-order valence-electron chi connectivity index (χ1n) is 10.7. The Kier molecular flexibility index (Phi) is 8.48. The van der Waals surface area contributed by atoms with Gasteiger partial charge in [0.2, 0.25) is 26.0 Å². The van der Waals surface area contributed by atoms with E-state index in [4.69, 9.17) is 5.14 Å². The van der Waals surface area contributed by atoms with Gasteiger partial charge in [0.15, 0.2) is 0 Å². The molecule has 0 bridgehead atoms. The average molecular weight is 475 g/mol. The highest BCUT2D eigenvalue weighted by Crippen LogP contribution is 2.35. The number of carbonyl (C=O) groups excluding carboxylic acids is 1. The Hall–Kier alpha value is -1.69. The van der Waals surface area contributed by atoms with Crippen LogP contribution in [0.25, 0.3) is 0 Å². The number of carbonyl (C=O) groups is 1. The molecule has 0 spiro atoms. The fraction of sp³-hybridized carbons (Fsp3) is 0.650. The number of primary sulfonamides is 1. The van der Waals surface area contributed by atoms with Crippen molar-refractivity contribution < 1.29 is 21.6 Å². The lowest BCUT2D eigenvalue weighted by atomic mass is 10.2. The lowest BCUT2D eigenvalue weighted by Crippen LogP contribution is -2.40. The number of amides is 1. The van der Waals surface area contributed by atoms with Crippen LogP contribution in [0.15, 0.2) is 28.0 Å². The Bertz CT molecular complexity index is 991. The van der Waals surface area contributed by atoms with Crippen LogP contribution in [0, 0.1) is 0 Å². The Morgan fingerprint density at radius 2 is 1.81 bits per heavy atom. The van der Waals surface area contributed by atoms with E-state index in [1.165, 1.54) is 16.4 Å². The van der Waals surface area contributed by atoms with Gasteiger partial charge in [-0.25, -0.2) is 22.0 Å². The zero-order chi connectivity index (χ0) is 23.4. The second-order valence-corrected chi connectivity index (χ2v) is 11.1. The van der Waals surface area contributed by atoms with Crippen molar-refractivity contribution in [1.82, 2.24) is 9.21 Å². The lowest BCUT2D eigenvalue weighted by molar-refractivity contribution is -0.130. The zero-order valence-electron chi connectivity index (χ0n) is 18.7. The minimum absolute atomic E-state index is 0.0396. The highest BCUT2D eigenvalue weighted by molar-refractivity contribution is 7.90. The van der Waals surface area contributed by atoms with Gasteiger partial charge in [-0.05, 0) is 58.2 Å². The standard InChI is InChI=1S/C20H34N4O5S2/c1-5-16-9-8-15(4)24(16)31(28,29)19-14-17(30(21,26)27)10-11-18(19)22-13-12-20(25)23(6-2)7-3/h10-11,14-16,22H,5-9,12-13H2,1-4H3,(H2,21,26,27)/t15-,16+/m0/s1. The normalized spacial score (nSPS) is 20.0. The van der Waals surface area contributed by atoms with Crippen molar-refractivity contribution in [3.05, 3.63) is 18.2 Å². The van der Waals surface area contributed by atoms with Crippen molar-refractivity contribution in [2.45, 2.75) is 75.3 Å². The molecule has 3 N–H and O–H groups in total. The molecular formula is C20H34N4O5S2. The predicted molar refractivity (Wildman–Crippen MR) is 121 cm³/mol. The number of rotatable bonds is 10. The van der Waals surface area contributed by atoms with E-state index in [-0.39, 0.29) is 46.4 Å².